The summed E-state index contributed by atoms with van der Waals surface area (Å²) < 4.78 is 80.1. The van der Waals surface area contributed by atoms with Gasteiger partial charge in [-0.05, 0) is 6.07 Å². The molecule has 0 aromatic carbocycles. The van der Waals surface area contributed by atoms with Crippen LogP contribution >= 0.6 is 0 Å². The first-order valence-electron chi connectivity index (χ1n) is 8.08. The predicted molar refractivity (Wildman–Crippen MR) is 83.5 cm³/mol. The molecular weight excluding hydrogens is 394 g/mol. The molecule has 1 aliphatic rings. The summed E-state index contributed by atoms with van der Waals surface area (Å²) in [7, 11) is 0. The predicted octanol–water partition coefficient (Wildman–Crippen LogP) is 2.68. The lowest BCUT2D eigenvalue weighted by Gasteiger charge is -2.28. The number of rotatable bonds is 4. The van der Waals surface area contributed by atoms with Gasteiger partial charge in [0.05, 0.1) is 11.3 Å². The van der Waals surface area contributed by atoms with Gasteiger partial charge in [0.2, 0.25) is 11.7 Å². The van der Waals surface area contributed by atoms with Gasteiger partial charge in [0, 0.05) is 37.8 Å². The van der Waals surface area contributed by atoms with Crippen LogP contribution in [0.4, 0.5) is 26.3 Å². The third-order valence-corrected chi connectivity index (χ3v) is 4.03. The highest BCUT2D eigenvalue weighted by Crippen LogP contribution is 2.27. The fourth-order valence-electron chi connectivity index (χ4n) is 2.82. The number of ether oxygens (including phenoxy) is 1. The number of halogens is 6. The Hall–Kier alpha value is -2.63. The maximum absolute atomic E-state index is 12.8. The van der Waals surface area contributed by atoms with Gasteiger partial charge in [0.25, 0.3) is 5.56 Å². The Bertz CT molecular complexity index is 909. The van der Waals surface area contributed by atoms with E-state index in [1.807, 2.05) is 0 Å². The lowest BCUT2D eigenvalue weighted by molar-refractivity contribution is -0.154. The van der Waals surface area contributed by atoms with Crippen LogP contribution in [0.3, 0.4) is 0 Å². The molecule has 0 unspecified atom stereocenters. The molecule has 6 nitrogen and oxygen atoms in total. The van der Waals surface area contributed by atoms with Gasteiger partial charge in [-0.3, -0.25) is 9.69 Å². The number of nitrogens with zero attached hydrogens (tertiary/aromatic N) is 3. The van der Waals surface area contributed by atoms with Crippen LogP contribution < -0.4 is 10.3 Å². The molecule has 28 heavy (non-hydrogen) atoms. The van der Waals surface area contributed by atoms with Gasteiger partial charge >= 0.3 is 12.4 Å². The Labute approximate surface area is 154 Å². The summed E-state index contributed by atoms with van der Waals surface area (Å²) in [6.45, 7) is -1.11. The summed E-state index contributed by atoms with van der Waals surface area (Å²) in [5.74, 6) is -1.54. The van der Waals surface area contributed by atoms with E-state index >= 15 is 0 Å². The van der Waals surface area contributed by atoms with Gasteiger partial charge in [-0.2, -0.15) is 26.3 Å². The first-order chi connectivity index (χ1) is 13.0. The molecule has 2 aromatic rings. The molecule has 0 atom stereocenters. The standard InChI is InChI=1S/C16H14F6N4O2/c17-15(18,19)8-28-13-9(2-1-4-23-13)6-26-5-3-11-10(7-26)12(27)25-14(24-11)16(20,21)22/h1-2,4H,3,5-8H2,(H,24,25,27). The van der Waals surface area contributed by atoms with Crippen LogP contribution in [0.5, 0.6) is 5.88 Å². The second kappa shape index (κ2) is 7.41. The molecule has 12 heteroatoms. The summed E-state index contributed by atoms with van der Waals surface area (Å²) in [6.07, 6.45) is -7.89. The largest absolute Gasteiger partial charge is 0.468 e. The topological polar surface area (TPSA) is 71.1 Å². The highest BCUT2D eigenvalue weighted by atomic mass is 19.4. The SMILES string of the molecule is O=c1[nH]c(C(F)(F)F)nc2c1CN(Cc1cccnc1OCC(F)(F)F)CC2. The molecule has 1 N–H and O–H groups in total. The third kappa shape index (κ3) is 4.80. The number of pyridine rings is 1. The van der Waals surface area contributed by atoms with Crippen LogP contribution in [0, 0.1) is 0 Å². The Morgan fingerprint density at radius 2 is 1.96 bits per heavy atom. The summed E-state index contributed by atoms with van der Waals surface area (Å²) in [5.41, 5.74) is -0.360. The molecule has 0 saturated heterocycles. The van der Waals surface area contributed by atoms with Gasteiger partial charge in [-0.25, -0.2) is 9.97 Å². The highest BCUT2D eigenvalue weighted by molar-refractivity contribution is 5.27. The minimum absolute atomic E-state index is 0.00338. The molecule has 152 valence electrons. The fourth-order valence-corrected chi connectivity index (χ4v) is 2.82. The first-order valence-corrected chi connectivity index (χ1v) is 8.08. The van der Waals surface area contributed by atoms with E-state index in [9.17, 15) is 31.1 Å². The van der Waals surface area contributed by atoms with Crippen LogP contribution in [0.1, 0.15) is 22.6 Å². The average Bonchev–Trinajstić information content (AvgIpc) is 2.60. The number of fused-ring (bicyclic) bond motifs is 1. The molecular formula is C16H14F6N4O2. The van der Waals surface area contributed by atoms with E-state index in [4.69, 9.17) is 4.74 Å². The molecule has 0 fully saturated rings. The molecule has 3 heterocycles. The molecule has 0 saturated carbocycles. The van der Waals surface area contributed by atoms with E-state index in [0.29, 0.717) is 5.56 Å². The van der Waals surface area contributed by atoms with Crippen LogP contribution in [0.2, 0.25) is 0 Å². The number of aromatic amines is 1. The quantitative estimate of drug-likeness (QED) is 0.788. The molecule has 0 amide bonds. The first kappa shape index (κ1) is 20.1. The van der Waals surface area contributed by atoms with E-state index in [-0.39, 0.29) is 43.2 Å². The Balaban J connectivity index is 1.76. The monoisotopic (exact) mass is 408 g/mol. The molecule has 3 rings (SSSR count). The number of nitrogens with one attached hydrogen (secondary N) is 1. The van der Waals surface area contributed by atoms with Gasteiger partial charge < -0.3 is 9.72 Å². The molecule has 0 radical (unpaired) electrons. The van der Waals surface area contributed by atoms with Crippen LogP contribution in [0.25, 0.3) is 0 Å². The van der Waals surface area contributed by atoms with Gasteiger partial charge in [0.15, 0.2) is 6.61 Å². The molecule has 1 aliphatic heterocycles. The van der Waals surface area contributed by atoms with E-state index in [0.717, 1.165) is 0 Å². The van der Waals surface area contributed by atoms with Crippen molar-refractivity contribution in [2.75, 3.05) is 13.2 Å². The minimum Gasteiger partial charge on any atom is -0.468 e. The van der Waals surface area contributed by atoms with Crippen molar-refractivity contribution >= 4 is 0 Å². The van der Waals surface area contributed by atoms with Crippen LogP contribution in [-0.4, -0.2) is 39.2 Å². The van der Waals surface area contributed by atoms with Gasteiger partial charge in [0.1, 0.15) is 0 Å². The summed E-state index contributed by atoms with van der Waals surface area (Å²) in [4.78, 5) is 22.7. The number of alkyl halides is 6. The van der Waals surface area contributed by atoms with Crippen molar-refractivity contribution in [1.82, 2.24) is 19.9 Å². The van der Waals surface area contributed by atoms with Crippen LogP contribution in [-0.2, 0) is 25.7 Å². The average molecular weight is 408 g/mol. The third-order valence-electron chi connectivity index (χ3n) is 4.03. The van der Waals surface area contributed by atoms with Crippen LogP contribution in [0.15, 0.2) is 23.1 Å². The smallest absolute Gasteiger partial charge is 0.449 e. The summed E-state index contributed by atoms with van der Waals surface area (Å²) in [5, 5.41) is 0. The van der Waals surface area contributed by atoms with Gasteiger partial charge in [-0.1, -0.05) is 6.07 Å². The van der Waals surface area contributed by atoms with Crippen molar-refractivity contribution in [1.29, 1.82) is 0 Å². The lowest BCUT2D eigenvalue weighted by atomic mass is 10.1. The Morgan fingerprint density at radius 3 is 2.64 bits per heavy atom. The van der Waals surface area contributed by atoms with Crippen molar-refractivity contribution < 1.29 is 31.1 Å². The number of hydrogen-bond acceptors (Lipinski definition) is 5. The maximum atomic E-state index is 12.8. The second-order valence-electron chi connectivity index (χ2n) is 6.17. The van der Waals surface area contributed by atoms with E-state index < -0.39 is 30.3 Å². The molecule has 0 aliphatic carbocycles. The van der Waals surface area contributed by atoms with Crippen molar-refractivity contribution in [3.05, 3.63) is 51.3 Å². The van der Waals surface area contributed by atoms with Crippen molar-refractivity contribution in [3.63, 3.8) is 0 Å². The number of H-pyrrole nitrogens is 1. The highest BCUT2D eigenvalue weighted by Gasteiger charge is 2.36. The zero-order chi connectivity index (χ0) is 20.5. The van der Waals surface area contributed by atoms with Crippen molar-refractivity contribution in [2.24, 2.45) is 0 Å². The minimum atomic E-state index is -4.76. The normalized spacial score (nSPS) is 15.4. The van der Waals surface area contributed by atoms with Crippen molar-refractivity contribution in [3.8, 4) is 5.88 Å². The maximum Gasteiger partial charge on any atom is 0.449 e. The second-order valence-corrected chi connectivity index (χ2v) is 6.17. The molecule has 2 aromatic heterocycles. The summed E-state index contributed by atoms with van der Waals surface area (Å²) >= 11 is 0. The summed E-state index contributed by atoms with van der Waals surface area (Å²) in [6, 6.07) is 3.06. The van der Waals surface area contributed by atoms with Crippen molar-refractivity contribution in [2.45, 2.75) is 31.9 Å². The fraction of sp³-hybridized carbons (Fsp3) is 0.438. The van der Waals surface area contributed by atoms with Gasteiger partial charge in [-0.15, -0.1) is 0 Å². The van der Waals surface area contributed by atoms with E-state index in [1.54, 1.807) is 9.88 Å². The Kier molecular flexibility index (Phi) is 5.33. The Morgan fingerprint density at radius 1 is 1.21 bits per heavy atom. The molecule has 0 bridgehead atoms. The number of aromatic nitrogens is 3. The zero-order valence-corrected chi connectivity index (χ0v) is 14.2. The van der Waals surface area contributed by atoms with E-state index in [2.05, 4.69) is 9.97 Å². The molecule has 0 spiro atoms. The zero-order valence-electron chi connectivity index (χ0n) is 14.2. The lowest BCUT2D eigenvalue weighted by Crippen LogP contribution is -2.36. The van der Waals surface area contributed by atoms with E-state index in [1.165, 1.54) is 18.3 Å². The number of hydrogen-bond donors (Lipinski definition) is 1.